The monoisotopic (exact) mass is 540 g/mol. The van der Waals surface area contributed by atoms with Gasteiger partial charge in [0.2, 0.25) is 5.95 Å². The summed E-state index contributed by atoms with van der Waals surface area (Å²) in [7, 11) is 1.68. The number of aromatic nitrogens is 4. The molecule has 1 aliphatic rings. The van der Waals surface area contributed by atoms with Crippen LogP contribution in [0.15, 0.2) is 60.9 Å². The molecule has 1 aliphatic carbocycles. The van der Waals surface area contributed by atoms with Crippen molar-refractivity contribution in [3.63, 3.8) is 0 Å². The normalized spacial score (nSPS) is 18.1. The van der Waals surface area contributed by atoms with Crippen molar-refractivity contribution in [2.75, 3.05) is 17.7 Å². The Labute approximate surface area is 200 Å². The van der Waals surface area contributed by atoms with E-state index in [1.807, 2.05) is 30.5 Å². The van der Waals surface area contributed by atoms with E-state index >= 15 is 0 Å². The number of benzene rings is 1. The fraction of sp³-hybridized carbons (Fsp3) is 0.292. The molecule has 0 saturated heterocycles. The lowest BCUT2D eigenvalue weighted by Crippen LogP contribution is -2.22. The minimum Gasteiger partial charge on any atom is -0.497 e. The van der Waals surface area contributed by atoms with Crippen LogP contribution < -0.4 is 15.4 Å². The van der Waals surface area contributed by atoms with E-state index in [1.165, 1.54) is 5.56 Å². The molecule has 0 amide bonds. The minimum atomic E-state index is 0.350. The van der Waals surface area contributed by atoms with E-state index in [9.17, 15) is 0 Å². The van der Waals surface area contributed by atoms with Crippen LogP contribution in [0.3, 0.4) is 0 Å². The molecule has 164 valence electrons. The molecule has 1 saturated carbocycles. The van der Waals surface area contributed by atoms with Gasteiger partial charge >= 0.3 is 0 Å². The SMILES string of the molecule is COc1ccc(Cn2c(N[C@H]3CC[C@H](Nc4ccc(I)cn4)C3)nc3ncccc32)cc1. The van der Waals surface area contributed by atoms with Gasteiger partial charge in [-0.25, -0.2) is 9.97 Å². The molecule has 7 nitrogen and oxygen atoms in total. The highest BCUT2D eigenvalue weighted by Gasteiger charge is 2.26. The summed E-state index contributed by atoms with van der Waals surface area (Å²) in [6.07, 6.45) is 6.89. The van der Waals surface area contributed by atoms with E-state index < -0.39 is 0 Å². The molecule has 3 aromatic heterocycles. The quantitative estimate of drug-likeness (QED) is 0.324. The fourth-order valence-electron chi connectivity index (χ4n) is 4.24. The van der Waals surface area contributed by atoms with Gasteiger partial charge in [-0.3, -0.25) is 0 Å². The molecule has 0 aliphatic heterocycles. The van der Waals surface area contributed by atoms with Crippen molar-refractivity contribution in [2.24, 2.45) is 0 Å². The number of pyridine rings is 2. The number of nitrogens with zero attached hydrogens (tertiary/aromatic N) is 4. The standard InChI is InChI=1S/C24H25IN6O/c1-32-20-9-4-16(5-10-20)15-31-21-3-2-12-26-23(21)30-24(31)29-19-8-7-18(13-19)28-22-11-6-17(25)14-27-22/h2-6,9-12,14,18-19H,7-8,13,15H2,1H3,(H,27,28)(H,26,29,30)/t18-,19-/m0/s1. The first-order valence-electron chi connectivity index (χ1n) is 10.8. The zero-order valence-electron chi connectivity index (χ0n) is 17.8. The summed E-state index contributed by atoms with van der Waals surface area (Å²) < 4.78 is 8.65. The van der Waals surface area contributed by atoms with Crippen LogP contribution in [0.5, 0.6) is 5.75 Å². The number of imidazole rings is 1. The highest BCUT2D eigenvalue weighted by molar-refractivity contribution is 14.1. The lowest BCUT2D eigenvalue weighted by Gasteiger charge is -2.17. The fourth-order valence-corrected chi connectivity index (χ4v) is 4.56. The third-order valence-corrected chi connectivity index (χ3v) is 6.51. The average Bonchev–Trinajstić information content (AvgIpc) is 3.40. The van der Waals surface area contributed by atoms with Crippen LogP contribution in [0.4, 0.5) is 11.8 Å². The summed E-state index contributed by atoms with van der Waals surface area (Å²) in [6.45, 7) is 0.718. The van der Waals surface area contributed by atoms with E-state index in [0.717, 1.165) is 58.1 Å². The van der Waals surface area contributed by atoms with E-state index in [4.69, 9.17) is 9.72 Å². The third kappa shape index (κ3) is 4.64. The largest absolute Gasteiger partial charge is 0.497 e. The van der Waals surface area contributed by atoms with Crippen molar-refractivity contribution in [3.05, 3.63) is 70.1 Å². The van der Waals surface area contributed by atoms with Crippen molar-refractivity contribution >= 4 is 45.5 Å². The van der Waals surface area contributed by atoms with Crippen LogP contribution in [-0.2, 0) is 6.54 Å². The van der Waals surface area contributed by atoms with Crippen LogP contribution in [0.2, 0.25) is 0 Å². The number of methoxy groups -OCH3 is 1. The second kappa shape index (κ2) is 9.32. The highest BCUT2D eigenvalue weighted by Crippen LogP contribution is 2.27. The molecular formula is C24H25IN6O. The maximum Gasteiger partial charge on any atom is 0.205 e. The lowest BCUT2D eigenvalue weighted by molar-refractivity contribution is 0.414. The molecule has 2 atom stereocenters. The molecule has 0 spiro atoms. The first-order chi connectivity index (χ1) is 15.7. The van der Waals surface area contributed by atoms with Gasteiger partial charge in [0.1, 0.15) is 11.6 Å². The first-order valence-corrected chi connectivity index (χ1v) is 11.8. The second-order valence-corrected chi connectivity index (χ2v) is 9.32. The molecule has 5 rings (SSSR count). The average molecular weight is 540 g/mol. The van der Waals surface area contributed by atoms with Crippen LogP contribution in [0, 0.1) is 3.57 Å². The number of ether oxygens (including phenoxy) is 1. The number of hydrogen-bond acceptors (Lipinski definition) is 6. The Hall–Kier alpha value is -2.88. The maximum absolute atomic E-state index is 5.29. The minimum absolute atomic E-state index is 0.350. The summed E-state index contributed by atoms with van der Waals surface area (Å²) >= 11 is 2.28. The van der Waals surface area contributed by atoms with E-state index in [2.05, 4.69) is 72.0 Å². The van der Waals surface area contributed by atoms with Gasteiger partial charge in [-0.2, -0.15) is 4.98 Å². The van der Waals surface area contributed by atoms with Gasteiger partial charge in [0.05, 0.1) is 19.2 Å². The molecule has 2 N–H and O–H groups in total. The van der Waals surface area contributed by atoms with Crippen LogP contribution in [0.1, 0.15) is 24.8 Å². The molecule has 0 radical (unpaired) electrons. The zero-order valence-corrected chi connectivity index (χ0v) is 20.0. The Morgan fingerprint density at radius 1 is 1.03 bits per heavy atom. The highest BCUT2D eigenvalue weighted by atomic mass is 127. The van der Waals surface area contributed by atoms with Crippen LogP contribution >= 0.6 is 22.6 Å². The lowest BCUT2D eigenvalue weighted by atomic mass is 10.2. The topological polar surface area (TPSA) is 76.9 Å². The summed E-state index contributed by atoms with van der Waals surface area (Å²) in [5.41, 5.74) is 2.98. The number of rotatable bonds is 7. The van der Waals surface area contributed by atoms with Gasteiger partial charge in [-0.05, 0) is 83.8 Å². The number of hydrogen-bond donors (Lipinski definition) is 2. The Morgan fingerprint density at radius 3 is 2.59 bits per heavy atom. The number of nitrogens with one attached hydrogen (secondary N) is 2. The Bertz CT molecular complexity index is 1190. The van der Waals surface area contributed by atoms with Gasteiger partial charge in [-0.1, -0.05) is 12.1 Å². The number of fused-ring (bicyclic) bond motifs is 1. The van der Waals surface area contributed by atoms with E-state index in [-0.39, 0.29) is 0 Å². The number of halogens is 1. The Kier molecular flexibility index (Phi) is 6.11. The van der Waals surface area contributed by atoms with Gasteiger partial charge in [0.25, 0.3) is 0 Å². The maximum atomic E-state index is 5.29. The van der Waals surface area contributed by atoms with Crippen molar-refractivity contribution in [3.8, 4) is 5.75 Å². The van der Waals surface area contributed by atoms with Gasteiger partial charge in [0.15, 0.2) is 5.65 Å². The molecule has 0 unspecified atom stereocenters. The van der Waals surface area contributed by atoms with Crippen molar-refractivity contribution in [1.82, 2.24) is 19.5 Å². The molecular weight excluding hydrogens is 515 g/mol. The third-order valence-electron chi connectivity index (χ3n) is 5.87. The number of anilines is 2. The molecule has 4 aromatic rings. The summed E-state index contributed by atoms with van der Waals surface area (Å²) in [4.78, 5) is 13.8. The Morgan fingerprint density at radius 2 is 1.84 bits per heavy atom. The second-order valence-electron chi connectivity index (χ2n) is 8.07. The molecule has 1 fully saturated rings. The van der Waals surface area contributed by atoms with Crippen molar-refractivity contribution < 1.29 is 4.74 Å². The predicted octanol–water partition coefficient (Wildman–Crippen LogP) is 4.93. The first kappa shape index (κ1) is 21.0. The van der Waals surface area contributed by atoms with Crippen LogP contribution in [-0.4, -0.2) is 38.7 Å². The zero-order chi connectivity index (χ0) is 21.9. The predicted molar refractivity (Wildman–Crippen MR) is 135 cm³/mol. The molecule has 32 heavy (non-hydrogen) atoms. The van der Waals surface area contributed by atoms with Crippen molar-refractivity contribution in [1.29, 1.82) is 0 Å². The van der Waals surface area contributed by atoms with Crippen molar-refractivity contribution in [2.45, 2.75) is 37.9 Å². The molecule has 3 heterocycles. The van der Waals surface area contributed by atoms with Gasteiger partial charge in [0, 0.05) is 28.0 Å². The molecule has 1 aromatic carbocycles. The summed E-state index contributed by atoms with van der Waals surface area (Å²) in [5.74, 6) is 2.66. The van der Waals surface area contributed by atoms with Gasteiger partial charge in [-0.15, -0.1) is 0 Å². The molecule has 0 bridgehead atoms. The summed E-state index contributed by atoms with van der Waals surface area (Å²) in [5, 5.41) is 7.26. The van der Waals surface area contributed by atoms with Crippen LogP contribution in [0.25, 0.3) is 11.2 Å². The van der Waals surface area contributed by atoms with Gasteiger partial charge < -0.3 is 19.9 Å². The smallest absolute Gasteiger partial charge is 0.205 e. The van der Waals surface area contributed by atoms with E-state index in [0.29, 0.717) is 12.1 Å². The molecule has 8 heteroatoms. The Balaban J connectivity index is 1.32. The summed E-state index contributed by atoms with van der Waals surface area (Å²) in [6, 6.07) is 17.1. The van der Waals surface area contributed by atoms with E-state index in [1.54, 1.807) is 13.3 Å².